The van der Waals surface area contributed by atoms with Crippen molar-refractivity contribution in [1.29, 1.82) is 0 Å². The lowest BCUT2D eigenvalue weighted by Gasteiger charge is -2.17. The van der Waals surface area contributed by atoms with E-state index in [2.05, 4.69) is 13.0 Å². The van der Waals surface area contributed by atoms with Gasteiger partial charge in [-0.05, 0) is 43.4 Å². The molecular weight excluding hydrogens is 198 g/mol. The van der Waals surface area contributed by atoms with Crippen LogP contribution in [0.1, 0.15) is 44.3 Å². The lowest BCUT2D eigenvalue weighted by atomic mass is 10.1. The second-order valence-corrected chi connectivity index (χ2v) is 4.80. The van der Waals surface area contributed by atoms with Crippen molar-refractivity contribution in [1.82, 2.24) is 0 Å². The van der Waals surface area contributed by atoms with Crippen LogP contribution in [0.3, 0.4) is 0 Å². The summed E-state index contributed by atoms with van der Waals surface area (Å²) < 4.78 is 5.91. The molecule has 0 bridgehead atoms. The fourth-order valence-electron chi connectivity index (χ4n) is 2.37. The molecule has 2 heteroatoms. The van der Waals surface area contributed by atoms with E-state index in [1.165, 1.54) is 31.2 Å². The van der Waals surface area contributed by atoms with Gasteiger partial charge in [-0.3, -0.25) is 0 Å². The van der Waals surface area contributed by atoms with Crippen LogP contribution in [0.2, 0.25) is 0 Å². The van der Waals surface area contributed by atoms with E-state index >= 15 is 0 Å². The molecule has 0 radical (unpaired) electrons. The molecule has 1 fully saturated rings. The minimum Gasteiger partial charge on any atom is -0.399 e. The Morgan fingerprint density at radius 1 is 1.38 bits per heavy atom. The van der Waals surface area contributed by atoms with Gasteiger partial charge in [0.2, 0.25) is 0 Å². The van der Waals surface area contributed by atoms with Crippen LogP contribution in [-0.2, 0) is 4.74 Å². The number of nitrogens with two attached hydrogens (primary N) is 1. The quantitative estimate of drug-likeness (QED) is 0.786. The van der Waals surface area contributed by atoms with Crippen molar-refractivity contribution in [2.24, 2.45) is 5.92 Å². The monoisotopic (exact) mass is 219 g/mol. The number of ether oxygens (including phenoxy) is 1. The lowest BCUT2D eigenvalue weighted by molar-refractivity contribution is 0.0408. The maximum Gasteiger partial charge on any atom is 0.0797 e. The zero-order valence-corrected chi connectivity index (χ0v) is 9.99. The van der Waals surface area contributed by atoms with E-state index in [1.807, 2.05) is 18.2 Å². The summed E-state index contributed by atoms with van der Waals surface area (Å²) in [5.41, 5.74) is 7.75. The van der Waals surface area contributed by atoms with Gasteiger partial charge in [0.25, 0.3) is 0 Å². The molecule has 1 saturated carbocycles. The summed E-state index contributed by atoms with van der Waals surface area (Å²) in [6, 6.07) is 7.97. The summed E-state index contributed by atoms with van der Waals surface area (Å²) in [7, 11) is 0. The summed E-state index contributed by atoms with van der Waals surface area (Å²) >= 11 is 0. The number of benzene rings is 1. The first-order valence-corrected chi connectivity index (χ1v) is 6.23. The smallest absolute Gasteiger partial charge is 0.0797 e. The van der Waals surface area contributed by atoms with Crippen molar-refractivity contribution in [2.45, 2.75) is 38.7 Å². The van der Waals surface area contributed by atoms with Crippen LogP contribution in [0, 0.1) is 5.92 Å². The van der Waals surface area contributed by atoms with Crippen LogP contribution in [0.25, 0.3) is 0 Å². The number of nitrogen functional groups attached to an aromatic ring is 1. The summed E-state index contributed by atoms with van der Waals surface area (Å²) in [5, 5.41) is 0. The Balaban J connectivity index is 1.85. The van der Waals surface area contributed by atoms with E-state index in [9.17, 15) is 0 Å². The second kappa shape index (κ2) is 5.35. The highest BCUT2D eigenvalue weighted by Crippen LogP contribution is 2.27. The molecule has 1 aromatic carbocycles. The minimum atomic E-state index is 0.157. The van der Waals surface area contributed by atoms with E-state index in [-0.39, 0.29) is 6.10 Å². The van der Waals surface area contributed by atoms with Gasteiger partial charge < -0.3 is 10.5 Å². The first-order valence-electron chi connectivity index (χ1n) is 6.23. The highest BCUT2D eigenvalue weighted by atomic mass is 16.5. The molecule has 1 aromatic rings. The Morgan fingerprint density at radius 3 is 2.81 bits per heavy atom. The molecule has 0 aromatic heterocycles. The van der Waals surface area contributed by atoms with E-state index in [0.29, 0.717) is 0 Å². The summed E-state index contributed by atoms with van der Waals surface area (Å²) in [5.74, 6) is 0.781. The van der Waals surface area contributed by atoms with Gasteiger partial charge in [-0.1, -0.05) is 25.0 Å². The Hall–Kier alpha value is -1.02. The number of hydrogen-bond acceptors (Lipinski definition) is 2. The molecule has 0 aliphatic heterocycles. The van der Waals surface area contributed by atoms with Crippen molar-refractivity contribution in [3.63, 3.8) is 0 Å². The second-order valence-electron chi connectivity index (χ2n) is 4.80. The van der Waals surface area contributed by atoms with E-state index in [0.717, 1.165) is 18.2 Å². The number of hydrogen-bond donors (Lipinski definition) is 1. The fourth-order valence-corrected chi connectivity index (χ4v) is 2.37. The molecule has 0 heterocycles. The third-order valence-electron chi connectivity index (χ3n) is 3.44. The van der Waals surface area contributed by atoms with Gasteiger partial charge >= 0.3 is 0 Å². The predicted octanol–water partition coefficient (Wildman–Crippen LogP) is 3.54. The summed E-state index contributed by atoms with van der Waals surface area (Å²) in [6.07, 6.45) is 5.58. The first-order chi connectivity index (χ1) is 7.75. The van der Waals surface area contributed by atoms with E-state index < -0.39 is 0 Å². The Labute approximate surface area is 97.8 Å². The topological polar surface area (TPSA) is 35.2 Å². The van der Waals surface area contributed by atoms with Crippen LogP contribution in [0.5, 0.6) is 0 Å². The minimum absolute atomic E-state index is 0.157. The van der Waals surface area contributed by atoms with Crippen LogP contribution >= 0.6 is 0 Å². The molecule has 16 heavy (non-hydrogen) atoms. The normalized spacial score (nSPS) is 18.8. The Morgan fingerprint density at radius 2 is 2.12 bits per heavy atom. The molecule has 1 aliphatic rings. The van der Waals surface area contributed by atoms with E-state index in [1.54, 1.807) is 0 Å². The van der Waals surface area contributed by atoms with Crippen molar-refractivity contribution in [3.8, 4) is 0 Å². The molecule has 0 amide bonds. The predicted molar refractivity (Wildman–Crippen MR) is 67.2 cm³/mol. The molecular formula is C14H21NO. The van der Waals surface area contributed by atoms with Crippen LogP contribution in [-0.4, -0.2) is 6.61 Å². The SMILES string of the molecule is CC(OCC1CCCC1)c1cccc(N)c1. The summed E-state index contributed by atoms with van der Waals surface area (Å²) in [6.45, 7) is 3.00. The van der Waals surface area contributed by atoms with Crippen molar-refractivity contribution in [2.75, 3.05) is 12.3 Å². The highest BCUT2D eigenvalue weighted by molar-refractivity contribution is 5.41. The van der Waals surface area contributed by atoms with Gasteiger partial charge in [-0.2, -0.15) is 0 Å². The van der Waals surface area contributed by atoms with Gasteiger partial charge in [0.1, 0.15) is 0 Å². The molecule has 0 spiro atoms. The van der Waals surface area contributed by atoms with E-state index in [4.69, 9.17) is 10.5 Å². The number of anilines is 1. The molecule has 2 rings (SSSR count). The van der Waals surface area contributed by atoms with Gasteiger partial charge in [0, 0.05) is 5.69 Å². The maximum atomic E-state index is 5.91. The molecule has 1 unspecified atom stereocenters. The van der Waals surface area contributed by atoms with Crippen molar-refractivity contribution >= 4 is 5.69 Å². The van der Waals surface area contributed by atoms with Crippen molar-refractivity contribution in [3.05, 3.63) is 29.8 Å². The maximum absolute atomic E-state index is 5.91. The molecule has 2 nitrogen and oxygen atoms in total. The average Bonchev–Trinajstić information content (AvgIpc) is 2.78. The zero-order valence-electron chi connectivity index (χ0n) is 9.99. The van der Waals surface area contributed by atoms with Gasteiger partial charge in [0.15, 0.2) is 0 Å². The van der Waals surface area contributed by atoms with Crippen LogP contribution < -0.4 is 5.73 Å². The Bertz CT molecular complexity index is 331. The largest absolute Gasteiger partial charge is 0.399 e. The van der Waals surface area contributed by atoms with Gasteiger partial charge in [-0.25, -0.2) is 0 Å². The van der Waals surface area contributed by atoms with Crippen LogP contribution in [0.4, 0.5) is 5.69 Å². The number of rotatable bonds is 4. The third-order valence-corrected chi connectivity index (χ3v) is 3.44. The summed E-state index contributed by atoms with van der Waals surface area (Å²) in [4.78, 5) is 0. The average molecular weight is 219 g/mol. The molecule has 1 aliphatic carbocycles. The highest BCUT2D eigenvalue weighted by Gasteiger charge is 2.16. The Kier molecular flexibility index (Phi) is 3.83. The molecule has 1 atom stereocenters. The third kappa shape index (κ3) is 2.99. The molecule has 88 valence electrons. The first kappa shape index (κ1) is 11.5. The molecule has 0 saturated heterocycles. The fraction of sp³-hybridized carbons (Fsp3) is 0.571. The van der Waals surface area contributed by atoms with Gasteiger partial charge in [0.05, 0.1) is 12.7 Å². The van der Waals surface area contributed by atoms with Crippen LogP contribution in [0.15, 0.2) is 24.3 Å². The molecule has 2 N–H and O–H groups in total. The van der Waals surface area contributed by atoms with Gasteiger partial charge in [-0.15, -0.1) is 0 Å². The lowest BCUT2D eigenvalue weighted by Crippen LogP contribution is -2.09. The standard InChI is InChI=1S/C14H21NO/c1-11(13-7-4-8-14(15)9-13)16-10-12-5-2-3-6-12/h4,7-9,11-12H,2-3,5-6,10,15H2,1H3. The zero-order chi connectivity index (χ0) is 11.4. The van der Waals surface area contributed by atoms with Crippen molar-refractivity contribution < 1.29 is 4.74 Å².